The van der Waals surface area contributed by atoms with Gasteiger partial charge >= 0.3 is 5.97 Å². The Bertz CT molecular complexity index is 829. The Hall–Kier alpha value is -2.10. The van der Waals surface area contributed by atoms with E-state index in [0.717, 1.165) is 53.3 Å². The van der Waals surface area contributed by atoms with E-state index < -0.39 is 0 Å². The second-order valence-corrected chi connectivity index (χ2v) is 6.98. The highest BCUT2D eigenvalue weighted by atomic mass is 16.5. The van der Waals surface area contributed by atoms with Gasteiger partial charge in [0.2, 0.25) is 0 Å². The third-order valence-corrected chi connectivity index (χ3v) is 4.88. The normalized spacial score (nSPS) is 15.6. The van der Waals surface area contributed by atoms with Crippen molar-refractivity contribution in [3.8, 4) is 0 Å². The monoisotopic (exact) mass is 327 g/mol. The maximum Gasteiger partial charge on any atom is 0.326 e. The fourth-order valence-electron chi connectivity index (χ4n) is 3.76. The minimum Gasteiger partial charge on any atom is -0.461 e. The predicted octanol–water partition coefficient (Wildman–Crippen LogP) is 3.80. The van der Waals surface area contributed by atoms with Crippen LogP contribution in [0.25, 0.3) is 10.9 Å². The third kappa shape index (κ3) is 3.37. The Kier molecular flexibility index (Phi) is 4.74. The molecule has 0 saturated heterocycles. The van der Waals surface area contributed by atoms with Gasteiger partial charge in [-0.1, -0.05) is 18.1 Å². The summed E-state index contributed by atoms with van der Waals surface area (Å²) in [7, 11) is 0. The molecule has 0 amide bonds. The lowest BCUT2D eigenvalue weighted by molar-refractivity contribution is -0.151. The van der Waals surface area contributed by atoms with Crippen molar-refractivity contribution in [3.63, 3.8) is 0 Å². The number of esters is 1. The summed E-state index contributed by atoms with van der Waals surface area (Å²) in [5, 5.41) is 1.03. The molecular formula is C20H25NO3. The van der Waals surface area contributed by atoms with E-state index >= 15 is 0 Å². The Morgan fingerprint density at radius 2 is 1.79 bits per heavy atom. The van der Waals surface area contributed by atoms with Crippen molar-refractivity contribution in [2.75, 3.05) is 0 Å². The Morgan fingerprint density at radius 3 is 2.50 bits per heavy atom. The van der Waals surface area contributed by atoms with Gasteiger partial charge in [-0.3, -0.25) is 14.2 Å². The molecule has 2 aromatic rings. The number of hydrogen-bond donors (Lipinski definition) is 0. The van der Waals surface area contributed by atoms with Gasteiger partial charge in [-0.05, 0) is 63.6 Å². The van der Waals surface area contributed by atoms with Crippen molar-refractivity contribution in [1.82, 2.24) is 4.57 Å². The molecule has 1 aromatic heterocycles. The second-order valence-electron chi connectivity index (χ2n) is 6.98. The smallest absolute Gasteiger partial charge is 0.326 e. The fraction of sp³-hybridized carbons (Fsp3) is 0.500. The molecule has 1 aliphatic carbocycles. The summed E-state index contributed by atoms with van der Waals surface area (Å²) in [6.07, 6.45) is 5.34. The number of hydrogen-bond acceptors (Lipinski definition) is 3. The lowest BCUT2D eigenvalue weighted by Crippen LogP contribution is -2.29. The van der Waals surface area contributed by atoms with Crippen molar-refractivity contribution < 1.29 is 9.53 Å². The van der Waals surface area contributed by atoms with E-state index in [1.165, 1.54) is 6.42 Å². The summed E-state index contributed by atoms with van der Waals surface area (Å²) >= 11 is 0. The van der Waals surface area contributed by atoms with Crippen LogP contribution >= 0.6 is 0 Å². The molecule has 1 aromatic carbocycles. The molecule has 4 nitrogen and oxygen atoms in total. The minimum absolute atomic E-state index is 0.0157. The van der Waals surface area contributed by atoms with E-state index in [0.29, 0.717) is 0 Å². The number of aryl methyl sites for hydroxylation is 3. The number of pyridine rings is 1. The highest BCUT2D eigenvalue weighted by Gasteiger charge is 2.19. The molecule has 1 fully saturated rings. The molecule has 0 aliphatic heterocycles. The van der Waals surface area contributed by atoms with Crippen LogP contribution in [0.5, 0.6) is 0 Å². The van der Waals surface area contributed by atoms with Gasteiger partial charge in [0.15, 0.2) is 0 Å². The van der Waals surface area contributed by atoms with Crippen molar-refractivity contribution in [2.45, 2.75) is 65.5 Å². The highest BCUT2D eigenvalue weighted by molar-refractivity contribution is 5.87. The maximum atomic E-state index is 12.5. The molecule has 128 valence electrons. The molecule has 1 heterocycles. The van der Waals surface area contributed by atoms with Crippen LogP contribution in [0.2, 0.25) is 0 Å². The molecule has 3 rings (SSSR count). The van der Waals surface area contributed by atoms with Crippen LogP contribution < -0.4 is 5.56 Å². The quantitative estimate of drug-likeness (QED) is 0.806. The largest absolute Gasteiger partial charge is 0.461 e. The number of nitrogens with zero attached hydrogens (tertiary/aromatic N) is 1. The standard InChI is InChI=1S/C20H25NO3/c1-13-9-15(3)20-17(10-13)14(2)11-18(22)21(20)12-19(23)24-16-7-5-4-6-8-16/h9-11,16H,4-8,12H2,1-3H3. The molecule has 0 spiro atoms. The summed E-state index contributed by atoms with van der Waals surface area (Å²) in [4.78, 5) is 24.8. The van der Waals surface area contributed by atoms with E-state index in [4.69, 9.17) is 4.74 Å². The minimum atomic E-state index is -0.311. The molecule has 0 N–H and O–H groups in total. The topological polar surface area (TPSA) is 48.3 Å². The molecule has 0 unspecified atom stereocenters. The van der Waals surface area contributed by atoms with Gasteiger partial charge in [0.25, 0.3) is 5.56 Å². The van der Waals surface area contributed by atoms with E-state index in [9.17, 15) is 9.59 Å². The SMILES string of the molecule is Cc1cc(C)c2c(c1)c(C)cc(=O)n2CC(=O)OC1CCCCC1. The fourth-order valence-corrected chi connectivity index (χ4v) is 3.76. The molecule has 24 heavy (non-hydrogen) atoms. The van der Waals surface area contributed by atoms with Crippen LogP contribution in [-0.2, 0) is 16.1 Å². The first kappa shape index (κ1) is 16.7. The zero-order chi connectivity index (χ0) is 17.3. The molecule has 1 aliphatic rings. The Labute approximate surface area is 142 Å². The zero-order valence-corrected chi connectivity index (χ0v) is 14.7. The van der Waals surface area contributed by atoms with Crippen LogP contribution in [0.4, 0.5) is 0 Å². The van der Waals surface area contributed by atoms with Gasteiger partial charge in [0.1, 0.15) is 12.6 Å². The van der Waals surface area contributed by atoms with Gasteiger partial charge in [0.05, 0.1) is 5.52 Å². The van der Waals surface area contributed by atoms with Crippen LogP contribution in [0.15, 0.2) is 23.0 Å². The molecule has 0 radical (unpaired) electrons. The highest BCUT2D eigenvalue weighted by Crippen LogP contribution is 2.23. The number of carbonyl (C=O) groups is 1. The number of aromatic nitrogens is 1. The second kappa shape index (κ2) is 6.80. The Morgan fingerprint density at radius 1 is 1.08 bits per heavy atom. The molecule has 0 bridgehead atoms. The van der Waals surface area contributed by atoms with Crippen molar-refractivity contribution in [2.24, 2.45) is 0 Å². The van der Waals surface area contributed by atoms with Gasteiger partial charge in [-0.25, -0.2) is 0 Å². The lowest BCUT2D eigenvalue weighted by atomic mass is 9.98. The first-order valence-corrected chi connectivity index (χ1v) is 8.76. The van der Waals surface area contributed by atoms with E-state index in [2.05, 4.69) is 6.07 Å². The van der Waals surface area contributed by atoms with E-state index in [-0.39, 0.29) is 24.2 Å². The van der Waals surface area contributed by atoms with Gasteiger partial charge in [-0.2, -0.15) is 0 Å². The van der Waals surface area contributed by atoms with Crippen LogP contribution in [0.3, 0.4) is 0 Å². The van der Waals surface area contributed by atoms with Crippen LogP contribution in [0.1, 0.15) is 48.8 Å². The Balaban J connectivity index is 1.94. The third-order valence-electron chi connectivity index (χ3n) is 4.88. The summed E-state index contributed by atoms with van der Waals surface area (Å²) < 4.78 is 7.15. The summed E-state index contributed by atoms with van der Waals surface area (Å²) in [5.41, 5.74) is 3.80. The van der Waals surface area contributed by atoms with Gasteiger partial charge in [0, 0.05) is 11.5 Å². The predicted molar refractivity (Wildman–Crippen MR) is 95.4 cm³/mol. The lowest BCUT2D eigenvalue weighted by Gasteiger charge is -2.22. The average molecular weight is 327 g/mol. The van der Waals surface area contributed by atoms with Gasteiger partial charge in [-0.15, -0.1) is 0 Å². The summed E-state index contributed by atoms with van der Waals surface area (Å²) in [6.45, 7) is 5.94. The molecule has 0 atom stereocenters. The van der Waals surface area contributed by atoms with Crippen molar-refractivity contribution in [3.05, 3.63) is 45.2 Å². The van der Waals surface area contributed by atoms with E-state index in [1.807, 2.05) is 26.8 Å². The number of benzene rings is 1. The average Bonchev–Trinajstić information content (AvgIpc) is 2.52. The number of rotatable bonds is 3. The summed E-state index contributed by atoms with van der Waals surface area (Å²) in [6, 6.07) is 5.72. The first-order chi connectivity index (χ1) is 11.5. The van der Waals surface area contributed by atoms with Crippen molar-refractivity contribution in [1.29, 1.82) is 0 Å². The summed E-state index contributed by atoms with van der Waals surface area (Å²) in [5.74, 6) is -0.311. The van der Waals surface area contributed by atoms with Crippen molar-refractivity contribution >= 4 is 16.9 Å². The molecule has 4 heteroatoms. The first-order valence-electron chi connectivity index (χ1n) is 8.76. The van der Waals surface area contributed by atoms with E-state index in [1.54, 1.807) is 10.6 Å². The number of ether oxygens (including phenoxy) is 1. The zero-order valence-electron chi connectivity index (χ0n) is 14.7. The van der Waals surface area contributed by atoms with Crippen LogP contribution in [0, 0.1) is 20.8 Å². The number of carbonyl (C=O) groups excluding carboxylic acids is 1. The molecule has 1 saturated carbocycles. The van der Waals surface area contributed by atoms with Gasteiger partial charge < -0.3 is 4.74 Å². The molecular weight excluding hydrogens is 302 g/mol. The van der Waals surface area contributed by atoms with Crippen LogP contribution in [-0.4, -0.2) is 16.6 Å². The maximum absolute atomic E-state index is 12.5. The number of fused-ring (bicyclic) bond motifs is 1.